The fourth-order valence-corrected chi connectivity index (χ4v) is 3.10. The summed E-state index contributed by atoms with van der Waals surface area (Å²) in [5, 5.41) is 20.5. The molecule has 3 aromatic rings. The number of aryl methyl sites for hydroxylation is 1. The van der Waals surface area contributed by atoms with Gasteiger partial charge in [0.15, 0.2) is 28.8 Å². The quantitative estimate of drug-likeness (QED) is 0.571. The highest BCUT2D eigenvalue weighted by Crippen LogP contribution is 2.42. The average molecular weight is 413 g/mol. The van der Waals surface area contributed by atoms with Crippen LogP contribution in [-0.4, -0.2) is 57.6 Å². The zero-order chi connectivity index (χ0) is 23.8. The van der Waals surface area contributed by atoms with E-state index in [2.05, 4.69) is 30.9 Å². The van der Waals surface area contributed by atoms with Gasteiger partial charge in [0.05, 0.1) is 24.4 Å². The van der Waals surface area contributed by atoms with Crippen LogP contribution in [0.15, 0.2) is 24.5 Å². The Bertz CT molecular complexity index is 1200. The number of anilines is 3. The summed E-state index contributed by atoms with van der Waals surface area (Å²) in [6, 6.07) is 5.25. The molecule has 1 aliphatic heterocycles. The number of methoxy groups -OCH3 is 1. The maximum Gasteiger partial charge on any atom is 0.273 e. The van der Waals surface area contributed by atoms with Gasteiger partial charge < -0.3 is 25.4 Å². The number of benzene rings is 1. The molecule has 0 aliphatic carbocycles. The fraction of sp³-hybridized carbons (Fsp3) is 0.316. The Morgan fingerprint density at radius 1 is 1.43 bits per heavy atom. The highest BCUT2D eigenvalue weighted by molar-refractivity contribution is 6.01. The van der Waals surface area contributed by atoms with E-state index in [9.17, 15) is 4.79 Å². The van der Waals surface area contributed by atoms with E-state index in [1.807, 2.05) is 12.2 Å². The first-order valence-corrected chi connectivity index (χ1v) is 9.09. The molecule has 1 atom stereocenters. The number of hydrogen-bond acceptors (Lipinski definition) is 9. The minimum atomic E-state index is -2.71. The van der Waals surface area contributed by atoms with E-state index in [0.717, 1.165) is 0 Å². The number of hydrogen-bond donors (Lipinski definition) is 3. The van der Waals surface area contributed by atoms with Crippen LogP contribution in [0.1, 0.15) is 21.5 Å². The van der Waals surface area contributed by atoms with Crippen molar-refractivity contribution in [1.82, 2.24) is 30.3 Å². The summed E-state index contributed by atoms with van der Waals surface area (Å²) in [6.45, 7) is -0.496. The van der Waals surface area contributed by atoms with E-state index in [4.69, 9.17) is 13.6 Å². The first-order chi connectivity index (χ1) is 15.7. The van der Waals surface area contributed by atoms with Crippen LogP contribution in [0.4, 0.5) is 17.2 Å². The summed E-state index contributed by atoms with van der Waals surface area (Å²) in [4.78, 5) is 17.0. The summed E-state index contributed by atoms with van der Waals surface area (Å²) in [5.74, 6) is 0.482. The van der Waals surface area contributed by atoms with Crippen LogP contribution in [0.3, 0.4) is 0 Å². The molecule has 0 bridgehead atoms. The van der Waals surface area contributed by atoms with E-state index in [1.54, 1.807) is 36.3 Å². The molecule has 0 saturated heterocycles. The molecule has 1 amide bonds. The van der Waals surface area contributed by atoms with Gasteiger partial charge >= 0.3 is 0 Å². The van der Waals surface area contributed by atoms with Gasteiger partial charge in [0, 0.05) is 18.1 Å². The molecule has 2 aromatic heterocycles. The predicted octanol–water partition coefficient (Wildman–Crippen LogP) is 1.58. The number of para-hydroxylation sites is 1. The minimum absolute atomic E-state index is 0.0326. The minimum Gasteiger partial charge on any atom is -0.494 e. The van der Waals surface area contributed by atoms with E-state index >= 15 is 0 Å². The fourth-order valence-electron chi connectivity index (χ4n) is 3.10. The molecule has 0 fully saturated rings. The lowest BCUT2D eigenvalue weighted by atomic mass is 10.1. The molecule has 1 aliphatic rings. The van der Waals surface area contributed by atoms with Crippen molar-refractivity contribution in [2.24, 2.45) is 7.05 Å². The van der Waals surface area contributed by atoms with Gasteiger partial charge in [0.25, 0.3) is 5.91 Å². The number of carbonyl (C=O) groups is 1. The highest BCUT2D eigenvalue weighted by Gasteiger charge is 2.27. The van der Waals surface area contributed by atoms with Crippen LogP contribution in [0, 0.1) is 0 Å². The second-order valence-electron chi connectivity index (χ2n) is 6.67. The Kier molecular flexibility index (Phi) is 4.18. The number of amides is 1. The van der Waals surface area contributed by atoms with Gasteiger partial charge in [0.2, 0.25) is 0 Å². The molecule has 4 rings (SSSR count). The number of ether oxygens (including phenoxy) is 2. The molecule has 1 unspecified atom stereocenters. The van der Waals surface area contributed by atoms with Gasteiger partial charge in [-0.1, -0.05) is 6.07 Å². The summed E-state index contributed by atoms with van der Waals surface area (Å²) < 4.78 is 35.1. The van der Waals surface area contributed by atoms with Crippen LogP contribution in [0.2, 0.25) is 0 Å². The summed E-state index contributed by atoms with van der Waals surface area (Å²) >= 11 is 0. The standard InChI is InChI=1S/C19H22N8O3/c1-10-8-30-16-13(14(19(28)20-2)24-25-18(16)22-10)23-12-7-5-6-11(15(12)29-4)17-21-9-27(3)26-17/h5-7,9-10H,8H2,1-4H3,(H,20,28)(H2,22,23,25)/i2D3. The number of nitrogens with one attached hydrogen (secondary N) is 3. The third-order valence-corrected chi connectivity index (χ3v) is 4.44. The lowest BCUT2D eigenvalue weighted by Gasteiger charge is -2.26. The average Bonchev–Trinajstić information content (AvgIpc) is 3.18. The van der Waals surface area contributed by atoms with Crippen LogP contribution in [0.5, 0.6) is 11.5 Å². The van der Waals surface area contributed by atoms with Crippen LogP contribution in [-0.2, 0) is 7.05 Å². The van der Waals surface area contributed by atoms with E-state index in [0.29, 0.717) is 35.2 Å². The van der Waals surface area contributed by atoms with Crippen LogP contribution < -0.4 is 25.4 Å². The number of rotatable bonds is 5. The Morgan fingerprint density at radius 2 is 2.30 bits per heavy atom. The molecule has 0 saturated carbocycles. The van der Waals surface area contributed by atoms with Crippen molar-refractivity contribution in [2.45, 2.75) is 13.0 Å². The Hall–Kier alpha value is -3.89. The van der Waals surface area contributed by atoms with Gasteiger partial charge in [-0.15, -0.1) is 10.2 Å². The monoisotopic (exact) mass is 413 g/mol. The molecule has 0 spiro atoms. The van der Waals surface area contributed by atoms with Gasteiger partial charge in [-0.05, 0) is 19.1 Å². The normalized spacial score (nSPS) is 16.8. The van der Waals surface area contributed by atoms with Gasteiger partial charge in [-0.2, -0.15) is 5.10 Å². The summed E-state index contributed by atoms with van der Waals surface area (Å²) in [6.07, 6.45) is 1.57. The number of fused-ring (bicyclic) bond motifs is 1. The highest BCUT2D eigenvalue weighted by atomic mass is 16.5. The first-order valence-electron chi connectivity index (χ1n) is 10.6. The third-order valence-electron chi connectivity index (χ3n) is 4.44. The largest absolute Gasteiger partial charge is 0.494 e. The molecule has 1 aromatic carbocycles. The first kappa shape index (κ1) is 16.0. The van der Waals surface area contributed by atoms with Crippen LogP contribution >= 0.6 is 0 Å². The molecule has 3 N–H and O–H groups in total. The van der Waals surface area contributed by atoms with Crippen molar-refractivity contribution in [3.63, 3.8) is 0 Å². The van der Waals surface area contributed by atoms with E-state index < -0.39 is 12.9 Å². The van der Waals surface area contributed by atoms with Crippen molar-refractivity contribution >= 4 is 23.1 Å². The summed E-state index contributed by atoms with van der Waals surface area (Å²) in [7, 11) is 3.25. The second-order valence-corrected chi connectivity index (χ2v) is 6.67. The van der Waals surface area contributed by atoms with Crippen LogP contribution in [0.25, 0.3) is 11.4 Å². The Balaban J connectivity index is 1.82. The van der Waals surface area contributed by atoms with Gasteiger partial charge in [-0.3, -0.25) is 9.48 Å². The lowest BCUT2D eigenvalue weighted by molar-refractivity contribution is 0.0957. The zero-order valence-corrected chi connectivity index (χ0v) is 16.6. The molecule has 156 valence electrons. The van der Waals surface area contributed by atoms with Crippen molar-refractivity contribution in [3.8, 4) is 22.9 Å². The van der Waals surface area contributed by atoms with Gasteiger partial charge in [-0.25, -0.2) is 4.98 Å². The maximum absolute atomic E-state index is 12.7. The Labute approximate surface area is 177 Å². The van der Waals surface area contributed by atoms with Gasteiger partial charge in [0.1, 0.15) is 18.6 Å². The molecular weight excluding hydrogens is 388 g/mol. The van der Waals surface area contributed by atoms with Crippen molar-refractivity contribution in [2.75, 3.05) is 31.3 Å². The maximum atomic E-state index is 12.7. The summed E-state index contributed by atoms with van der Waals surface area (Å²) in [5.41, 5.74) is 0.971. The lowest BCUT2D eigenvalue weighted by Crippen LogP contribution is -2.31. The van der Waals surface area contributed by atoms with Crippen molar-refractivity contribution in [3.05, 3.63) is 30.2 Å². The molecule has 11 heteroatoms. The van der Waals surface area contributed by atoms with E-state index in [-0.39, 0.29) is 23.2 Å². The van der Waals surface area contributed by atoms with Crippen molar-refractivity contribution in [1.29, 1.82) is 0 Å². The second kappa shape index (κ2) is 7.85. The predicted molar refractivity (Wildman–Crippen MR) is 110 cm³/mol. The number of aromatic nitrogens is 5. The molecule has 30 heavy (non-hydrogen) atoms. The SMILES string of the molecule is [2H]C([2H])([2H])NC(=O)c1nnc2c(c1Nc1cccc(-c3ncn(C)n3)c1OC)OCC(C)N2. The molecule has 3 heterocycles. The number of carbonyl (C=O) groups excluding carboxylic acids is 1. The third kappa shape index (κ3) is 3.45. The van der Waals surface area contributed by atoms with Crippen molar-refractivity contribution < 1.29 is 18.4 Å². The molecule has 0 radical (unpaired) electrons. The zero-order valence-electron chi connectivity index (χ0n) is 19.6. The smallest absolute Gasteiger partial charge is 0.273 e. The number of nitrogens with zero attached hydrogens (tertiary/aromatic N) is 5. The van der Waals surface area contributed by atoms with E-state index in [1.165, 1.54) is 7.11 Å². The Morgan fingerprint density at radius 3 is 3.03 bits per heavy atom. The topological polar surface area (TPSA) is 128 Å². The molecular formula is C19H22N8O3. The molecule has 11 nitrogen and oxygen atoms in total.